The van der Waals surface area contributed by atoms with Crippen molar-refractivity contribution in [3.8, 4) is 0 Å². The molecule has 0 fully saturated rings. The molecule has 1 atom stereocenters. The highest BCUT2D eigenvalue weighted by Crippen LogP contribution is 2.49. The number of thioether (sulfide) groups is 1. The Morgan fingerprint density at radius 1 is 0.854 bits per heavy atom. The van der Waals surface area contributed by atoms with Gasteiger partial charge in [-0.25, -0.2) is 9.59 Å². The average Bonchev–Trinajstić information content (AvgIpc) is 3.36. The minimum absolute atomic E-state index is 0.302. The molecule has 2 heterocycles. The van der Waals surface area contributed by atoms with Gasteiger partial charge in [-0.3, -0.25) is 0 Å². The van der Waals surface area contributed by atoms with Crippen molar-refractivity contribution in [1.29, 1.82) is 0 Å². The van der Waals surface area contributed by atoms with Crippen LogP contribution in [0.4, 0.5) is 11.4 Å². The maximum Gasteiger partial charge on any atom is 0.335 e. The van der Waals surface area contributed by atoms with E-state index >= 15 is 0 Å². The van der Waals surface area contributed by atoms with E-state index in [2.05, 4.69) is 107 Å². The molecule has 1 aliphatic carbocycles. The lowest BCUT2D eigenvalue weighted by molar-refractivity contribution is -0.401. The largest absolute Gasteiger partial charge is 0.478 e. The molecular formula is C41H43N2O4S+. The summed E-state index contributed by atoms with van der Waals surface area (Å²) in [6, 6.07) is 21.3. The number of benzene rings is 3. The molecule has 0 saturated heterocycles. The lowest BCUT2D eigenvalue weighted by Crippen LogP contribution is -2.27. The molecule has 246 valence electrons. The minimum Gasteiger partial charge on any atom is -0.478 e. The molecule has 2 N–H and O–H groups in total. The number of carboxylic acid groups (broad SMARTS) is 2. The summed E-state index contributed by atoms with van der Waals surface area (Å²) >= 11 is 1.80. The van der Waals surface area contributed by atoms with Gasteiger partial charge in [0.2, 0.25) is 5.69 Å². The average molecular weight is 660 g/mol. The molecule has 48 heavy (non-hydrogen) atoms. The molecule has 0 spiro atoms. The number of anilines is 1. The zero-order chi connectivity index (χ0) is 34.5. The highest BCUT2D eigenvalue weighted by molar-refractivity contribution is 8.03. The standard InChI is InChI=1S/C41H42N2O4S/c1-25-21-26(15-19-35-40(2,3)31-23-28(38(44)45)13-17-33(31)42(35)6)37(48-30-11-9-8-10-12-30)27(22-25)16-20-36-41(4,5)32-24-29(39(46)47)14-18-34(32)43(36)7/h8-20,23-25H,21-22H2,1-7H3,(H-,44,45,46,47)/p+1. The van der Waals surface area contributed by atoms with Gasteiger partial charge in [-0.15, -0.1) is 0 Å². The van der Waals surface area contributed by atoms with Gasteiger partial charge in [-0.2, -0.15) is 4.58 Å². The van der Waals surface area contributed by atoms with E-state index in [1.165, 1.54) is 20.9 Å². The SMILES string of the molecule is CC1CC(=CC=C2N(C)c3ccc(C(=O)O)cc3C2(C)C)C(Sc2ccccc2)=C(C=CC2=[N+](C)c3ccc(C(=O)O)cc3C2(C)C)C1. The Morgan fingerprint density at radius 3 is 2.17 bits per heavy atom. The van der Waals surface area contributed by atoms with Crippen LogP contribution in [0.1, 0.15) is 79.3 Å². The Labute approximate surface area is 287 Å². The molecule has 6 rings (SSSR count). The van der Waals surface area contributed by atoms with Gasteiger partial charge in [0, 0.05) is 51.4 Å². The third-order valence-electron chi connectivity index (χ3n) is 10.1. The van der Waals surface area contributed by atoms with Crippen molar-refractivity contribution in [2.24, 2.45) is 5.92 Å². The molecular weight excluding hydrogens is 617 g/mol. The van der Waals surface area contributed by atoms with Gasteiger partial charge in [0.05, 0.1) is 16.5 Å². The minimum atomic E-state index is -0.917. The Kier molecular flexibility index (Phi) is 8.63. The van der Waals surface area contributed by atoms with Crippen LogP contribution in [-0.4, -0.2) is 46.5 Å². The van der Waals surface area contributed by atoms with E-state index < -0.39 is 11.9 Å². The first-order chi connectivity index (χ1) is 22.7. The summed E-state index contributed by atoms with van der Waals surface area (Å²) in [6.07, 6.45) is 10.9. The van der Waals surface area contributed by atoms with Crippen LogP contribution in [-0.2, 0) is 10.8 Å². The van der Waals surface area contributed by atoms with Crippen molar-refractivity contribution >= 4 is 40.8 Å². The summed E-state index contributed by atoms with van der Waals surface area (Å²) in [7, 11) is 4.11. The van der Waals surface area contributed by atoms with Gasteiger partial charge in [0.25, 0.3) is 0 Å². The molecule has 6 nitrogen and oxygen atoms in total. The van der Waals surface area contributed by atoms with Crippen molar-refractivity contribution in [2.45, 2.75) is 63.2 Å². The highest BCUT2D eigenvalue weighted by Gasteiger charge is 2.43. The topological polar surface area (TPSA) is 80.9 Å². The normalized spacial score (nSPS) is 21.4. The van der Waals surface area contributed by atoms with E-state index in [0.29, 0.717) is 17.0 Å². The van der Waals surface area contributed by atoms with Crippen LogP contribution < -0.4 is 4.90 Å². The van der Waals surface area contributed by atoms with Gasteiger partial charge in [0.15, 0.2) is 5.71 Å². The van der Waals surface area contributed by atoms with Crippen LogP contribution in [0.2, 0.25) is 0 Å². The second-order valence-corrected chi connectivity index (χ2v) is 15.3. The van der Waals surface area contributed by atoms with Crippen molar-refractivity contribution < 1.29 is 24.4 Å². The number of carbonyl (C=O) groups is 2. The van der Waals surface area contributed by atoms with Gasteiger partial charge >= 0.3 is 11.9 Å². The third kappa shape index (κ3) is 5.85. The summed E-state index contributed by atoms with van der Waals surface area (Å²) in [5.74, 6) is -1.40. The lowest BCUT2D eigenvalue weighted by Gasteiger charge is -2.27. The van der Waals surface area contributed by atoms with Crippen molar-refractivity contribution in [3.05, 3.63) is 135 Å². The van der Waals surface area contributed by atoms with E-state index in [4.69, 9.17) is 0 Å². The van der Waals surface area contributed by atoms with Crippen LogP contribution >= 0.6 is 11.8 Å². The molecule has 0 aromatic heterocycles. The predicted octanol–water partition coefficient (Wildman–Crippen LogP) is 9.36. The number of carboxylic acids is 2. The molecule has 0 bridgehead atoms. The van der Waals surface area contributed by atoms with E-state index in [1.807, 2.05) is 30.3 Å². The van der Waals surface area contributed by atoms with Crippen LogP contribution in [0.3, 0.4) is 0 Å². The summed E-state index contributed by atoms with van der Waals surface area (Å²) in [6.45, 7) is 10.9. The molecule has 0 radical (unpaired) electrons. The Morgan fingerprint density at radius 2 is 1.50 bits per heavy atom. The Hall–Kier alpha value is -4.62. The summed E-state index contributed by atoms with van der Waals surface area (Å²) in [5, 5.41) is 19.3. The first kappa shape index (κ1) is 33.3. The fraction of sp³-hybridized carbons (Fsp3) is 0.293. The monoisotopic (exact) mass is 659 g/mol. The zero-order valence-electron chi connectivity index (χ0n) is 28.7. The molecule has 0 amide bonds. The van der Waals surface area contributed by atoms with Crippen molar-refractivity contribution in [2.75, 3.05) is 19.0 Å². The van der Waals surface area contributed by atoms with Crippen molar-refractivity contribution in [3.63, 3.8) is 0 Å². The summed E-state index contributed by atoms with van der Waals surface area (Å²) in [5.41, 5.74) is 8.76. The van der Waals surface area contributed by atoms with E-state index in [1.54, 1.807) is 23.9 Å². The maximum atomic E-state index is 11.8. The fourth-order valence-corrected chi connectivity index (χ4v) is 8.63. The predicted molar refractivity (Wildman–Crippen MR) is 195 cm³/mol. The number of hydrogen-bond acceptors (Lipinski definition) is 4. The number of fused-ring (bicyclic) bond motifs is 2. The van der Waals surface area contributed by atoms with Gasteiger partial charge in [0.1, 0.15) is 7.05 Å². The van der Waals surface area contributed by atoms with E-state index in [9.17, 15) is 19.8 Å². The number of hydrogen-bond donors (Lipinski definition) is 2. The van der Waals surface area contributed by atoms with Crippen LogP contribution in [0.25, 0.3) is 0 Å². The number of rotatable bonds is 7. The Bertz CT molecular complexity index is 2000. The van der Waals surface area contributed by atoms with E-state index in [-0.39, 0.29) is 10.8 Å². The first-order valence-corrected chi connectivity index (χ1v) is 17.2. The zero-order valence-corrected chi connectivity index (χ0v) is 29.5. The lowest BCUT2D eigenvalue weighted by atomic mass is 9.80. The van der Waals surface area contributed by atoms with E-state index in [0.717, 1.165) is 46.8 Å². The van der Waals surface area contributed by atoms with Crippen LogP contribution in [0.5, 0.6) is 0 Å². The van der Waals surface area contributed by atoms with Gasteiger partial charge in [-0.05, 0) is 97.9 Å². The molecule has 3 aromatic rings. The summed E-state index contributed by atoms with van der Waals surface area (Å²) < 4.78 is 2.18. The highest BCUT2D eigenvalue weighted by atomic mass is 32.2. The first-order valence-electron chi connectivity index (χ1n) is 16.4. The van der Waals surface area contributed by atoms with Crippen LogP contribution in [0, 0.1) is 5.92 Å². The fourth-order valence-electron chi connectivity index (χ4n) is 7.54. The molecule has 0 saturated carbocycles. The summed E-state index contributed by atoms with van der Waals surface area (Å²) in [4.78, 5) is 28.1. The number of aromatic carboxylic acids is 2. The maximum absolute atomic E-state index is 11.8. The van der Waals surface area contributed by atoms with Crippen molar-refractivity contribution in [1.82, 2.24) is 0 Å². The second-order valence-electron chi connectivity index (χ2n) is 14.2. The Balaban J connectivity index is 1.43. The molecule has 1 unspecified atom stereocenters. The molecule has 7 heteroatoms. The van der Waals surface area contributed by atoms with Gasteiger partial charge in [-0.1, -0.05) is 62.9 Å². The quantitative estimate of drug-likeness (QED) is 0.246. The molecule has 3 aliphatic rings. The number of allylic oxidation sites excluding steroid dienone is 7. The molecule has 3 aromatic carbocycles. The smallest absolute Gasteiger partial charge is 0.335 e. The van der Waals surface area contributed by atoms with Gasteiger partial charge < -0.3 is 15.1 Å². The molecule has 2 aliphatic heterocycles. The number of nitrogens with zero attached hydrogens (tertiary/aromatic N) is 2. The number of likely N-dealkylation sites (N-methyl/N-ethyl adjacent to an activating group) is 1. The van der Waals surface area contributed by atoms with Crippen LogP contribution in [0.15, 0.2) is 118 Å². The third-order valence-corrected chi connectivity index (χ3v) is 11.4. The second kappa shape index (κ2) is 12.4.